The number of nitrogens with two attached hydrogens (primary N) is 2. The first-order valence-corrected chi connectivity index (χ1v) is 14.1. The second-order valence-corrected chi connectivity index (χ2v) is 11.4. The summed E-state index contributed by atoms with van der Waals surface area (Å²) in [7, 11) is 0. The number of amides is 2. The zero-order valence-corrected chi connectivity index (χ0v) is 21.6. The number of nitrogens with zero attached hydrogens (tertiary/aromatic N) is 5. The highest BCUT2D eigenvalue weighted by atomic mass is 32.2. The largest absolute Gasteiger partial charge is 0.477 e. The van der Waals surface area contributed by atoms with E-state index in [4.69, 9.17) is 11.5 Å². The first-order chi connectivity index (χ1) is 17.3. The van der Waals surface area contributed by atoms with Crippen LogP contribution in [0.15, 0.2) is 39.0 Å². The minimum atomic E-state index is -1.25. The molecule has 17 heteroatoms. The molecular weight excluding hydrogens is 549 g/mol. The van der Waals surface area contributed by atoms with Gasteiger partial charge in [0, 0.05) is 51.3 Å². The quantitative estimate of drug-likeness (QED) is 0.0863. The van der Waals surface area contributed by atoms with Crippen LogP contribution in [0.2, 0.25) is 0 Å². The summed E-state index contributed by atoms with van der Waals surface area (Å²) in [6.07, 6.45) is 1.67. The molecule has 0 radical (unpaired) electrons. The first-order valence-electron chi connectivity index (χ1n) is 10.3. The molecule has 2 aromatic heterocycles. The van der Waals surface area contributed by atoms with Crippen molar-refractivity contribution in [3.63, 3.8) is 0 Å². The summed E-state index contributed by atoms with van der Waals surface area (Å²) in [5, 5.41) is 24.0. The van der Waals surface area contributed by atoms with Crippen molar-refractivity contribution in [3.05, 3.63) is 40.5 Å². The number of carboxylic acids is 1. The summed E-state index contributed by atoms with van der Waals surface area (Å²) in [5.74, 6) is -1.21. The minimum absolute atomic E-state index is 0.0729. The van der Waals surface area contributed by atoms with Gasteiger partial charge in [-0.2, -0.15) is 21.1 Å². The number of oxime groups is 1. The normalized spacial score (nSPS) is 19.6. The molecule has 2 aliphatic heterocycles. The molecule has 0 spiro atoms. The summed E-state index contributed by atoms with van der Waals surface area (Å²) in [4.78, 5) is 48.4. The standard InChI is InChI=1S/C19H20N8O5S4/c20-3-5-33-6-8-9(2-1-4-22-8)35-10-7-34-17-12(16(29)27(17)13(10)18(30)31)23-15(28)11(25-32)14-24-19(21)36-26-14/h1-2,4,12,17,32H,3,5-7,20H2,(H,23,28)(H,30,31)(H2,21,24,26)/b25-11-/t12-,17-/m1/s1. The molecule has 0 bridgehead atoms. The van der Waals surface area contributed by atoms with Gasteiger partial charge in [-0.05, 0) is 12.1 Å². The van der Waals surface area contributed by atoms with Crippen molar-refractivity contribution in [1.29, 1.82) is 0 Å². The second kappa shape index (κ2) is 11.5. The Kier molecular flexibility index (Phi) is 8.35. The van der Waals surface area contributed by atoms with E-state index >= 15 is 0 Å². The molecule has 0 aromatic carbocycles. The third-order valence-corrected chi connectivity index (χ3v) is 9.16. The SMILES string of the molecule is NCCSCc1ncccc1SC1=C(C(=O)O)N2C(=O)[C@@H](NC(=O)/C(=N\O)c3nsc(N)n3)[C@H]2SC1. The molecule has 4 rings (SSSR count). The van der Waals surface area contributed by atoms with E-state index in [1.807, 2.05) is 6.07 Å². The van der Waals surface area contributed by atoms with E-state index in [0.29, 0.717) is 23.0 Å². The van der Waals surface area contributed by atoms with Crippen LogP contribution >= 0.6 is 46.8 Å². The average Bonchev–Trinajstić information content (AvgIpc) is 3.29. The molecule has 2 atom stereocenters. The van der Waals surface area contributed by atoms with Crippen LogP contribution in [0.1, 0.15) is 11.5 Å². The maximum atomic E-state index is 12.9. The Morgan fingerprint density at radius 1 is 1.39 bits per heavy atom. The topological polar surface area (TPSA) is 210 Å². The van der Waals surface area contributed by atoms with Crippen LogP contribution in [0, 0.1) is 0 Å². The number of β-lactam (4-membered cyclic amide) rings is 1. The van der Waals surface area contributed by atoms with Gasteiger partial charge in [0.1, 0.15) is 17.1 Å². The van der Waals surface area contributed by atoms with Gasteiger partial charge >= 0.3 is 5.97 Å². The Bertz CT molecular complexity index is 1250. The zero-order chi connectivity index (χ0) is 25.8. The fraction of sp³-hybridized carbons (Fsp3) is 0.316. The molecule has 1 fully saturated rings. The fourth-order valence-corrected chi connectivity index (χ4v) is 7.24. The summed E-state index contributed by atoms with van der Waals surface area (Å²) < 4.78 is 3.83. The third kappa shape index (κ3) is 5.29. The van der Waals surface area contributed by atoms with Crippen LogP contribution in [-0.4, -0.2) is 82.5 Å². The van der Waals surface area contributed by atoms with Crippen LogP contribution < -0.4 is 16.8 Å². The number of fused-ring (bicyclic) bond motifs is 1. The highest BCUT2D eigenvalue weighted by molar-refractivity contribution is 8.06. The van der Waals surface area contributed by atoms with Gasteiger partial charge < -0.3 is 27.1 Å². The third-order valence-electron chi connectivity index (χ3n) is 4.97. The van der Waals surface area contributed by atoms with Gasteiger partial charge in [0.2, 0.25) is 11.5 Å². The van der Waals surface area contributed by atoms with E-state index < -0.39 is 34.9 Å². The maximum absolute atomic E-state index is 12.9. The van der Waals surface area contributed by atoms with E-state index in [9.17, 15) is 24.7 Å². The molecule has 0 aliphatic carbocycles. The molecule has 1 saturated heterocycles. The monoisotopic (exact) mass is 568 g/mol. The smallest absolute Gasteiger partial charge is 0.353 e. The summed E-state index contributed by atoms with van der Waals surface area (Å²) >= 11 is 5.02. The van der Waals surface area contributed by atoms with Gasteiger partial charge in [-0.1, -0.05) is 16.9 Å². The Hall–Kier alpha value is -2.86. The van der Waals surface area contributed by atoms with Crippen molar-refractivity contribution >= 4 is 75.4 Å². The molecule has 0 saturated carbocycles. The lowest BCUT2D eigenvalue weighted by molar-refractivity contribution is -0.150. The highest BCUT2D eigenvalue weighted by Gasteiger charge is 2.54. The molecule has 190 valence electrons. The van der Waals surface area contributed by atoms with Crippen LogP contribution in [0.4, 0.5) is 5.13 Å². The summed E-state index contributed by atoms with van der Waals surface area (Å²) in [6, 6.07) is 2.61. The predicted molar refractivity (Wildman–Crippen MR) is 138 cm³/mol. The van der Waals surface area contributed by atoms with E-state index in [1.165, 1.54) is 23.5 Å². The van der Waals surface area contributed by atoms with E-state index in [-0.39, 0.29) is 16.7 Å². The number of aromatic nitrogens is 3. The molecule has 36 heavy (non-hydrogen) atoms. The molecule has 13 nitrogen and oxygen atoms in total. The van der Waals surface area contributed by atoms with Gasteiger partial charge in [0.05, 0.1) is 5.69 Å². The molecule has 7 N–H and O–H groups in total. The molecular formula is C19H20N8O5S4. The number of nitrogen functional groups attached to an aromatic ring is 1. The van der Waals surface area contributed by atoms with Crippen molar-refractivity contribution in [1.82, 2.24) is 24.6 Å². The number of carboxylic acid groups (broad SMARTS) is 1. The van der Waals surface area contributed by atoms with E-state index in [0.717, 1.165) is 32.8 Å². The summed E-state index contributed by atoms with van der Waals surface area (Å²) in [6.45, 7) is 0.543. The number of hydrogen-bond acceptors (Lipinski definition) is 14. The van der Waals surface area contributed by atoms with Crippen molar-refractivity contribution in [2.45, 2.75) is 22.1 Å². The minimum Gasteiger partial charge on any atom is -0.477 e. The molecule has 0 unspecified atom stereocenters. The van der Waals surface area contributed by atoms with Gasteiger partial charge in [-0.3, -0.25) is 19.5 Å². The lowest BCUT2D eigenvalue weighted by Crippen LogP contribution is -2.71. The van der Waals surface area contributed by atoms with Crippen molar-refractivity contribution in [2.75, 3.05) is 23.8 Å². The number of pyridine rings is 1. The molecule has 2 aromatic rings. The lowest BCUT2D eigenvalue weighted by Gasteiger charge is -2.49. The molecule has 4 heterocycles. The van der Waals surface area contributed by atoms with Gasteiger partial charge in [-0.25, -0.2) is 4.79 Å². The van der Waals surface area contributed by atoms with Gasteiger partial charge in [-0.15, -0.1) is 11.8 Å². The van der Waals surface area contributed by atoms with Crippen LogP contribution in [-0.2, 0) is 20.1 Å². The van der Waals surface area contributed by atoms with Crippen molar-refractivity contribution in [3.8, 4) is 0 Å². The van der Waals surface area contributed by atoms with Crippen LogP contribution in [0.25, 0.3) is 0 Å². The van der Waals surface area contributed by atoms with Crippen LogP contribution in [0.5, 0.6) is 0 Å². The number of aliphatic carboxylic acids is 1. The predicted octanol–water partition coefficient (Wildman–Crippen LogP) is 0.374. The summed E-state index contributed by atoms with van der Waals surface area (Å²) in [5.41, 5.74) is 11.2. The Morgan fingerprint density at radius 3 is 2.86 bits per heavy atom. The Morgan fingerprint density at radius 2 is 2.19 bits per heavy atom. The number of rotatable bonds is 10. The lowest BCUT2D eigenvalue weighted by atomic mass is 10.0. The Balaban J connectivity index is 1.51. The molecule has 2 amide bonds. The van der Waals surface area contributed by atoms with E-state index in [1.54, 1.807) is 24.0 Å². The van der Waals surface area contributed by atoms with Gasteiger partial charge in [0.25, 0.3) is 11.8 Å². The van der Waals surface area contributed by atoms with Crippen molar-refractivity contribution < 1.29 is 24.7 Å². The number of hydrogen-bond donors (Lipinski definition) is 5. The van der Waals surface area contributed by atoms with Gasteiger partial charge in [0.15, 0.2) is 5.13 Å². The van der Waals surface area contributed by atoms with Crippen molar-refractivity contribution in [2.24, 2.45) is 10.9 Å². The fourth-order valence-electron chi connectivity index (χ4n) is 3.41. The number of anilines is 1. The number of thioether (sulfide) groups is 3. The first kappa shape index (κ1) is 26.2. The Labute approximate surface area is 221 Å². The number of carbonyl (C=O) groups is 3. The van der Waals surface area contributed by atoms with E-state index in [2.05, 4.69) is 24.8 Å². The highest BCUT2D eigenvalue weighted by Crippen LogP contribution is 2.45. The maximum Gasteiger partial charge on any atom is 0.353 e. The molecule has 2 aliphatic rings. The number of nitrogens with one attached hydrogen (secondary N) is 1. The zero-order valence-electron chi connectivity index (χ0n) is 18.4. The average molecular weight is 569 g/mol. The second-order valence-electron chi connectivity index (χ2n) is 7.23. The van der Waals surface area contributed by atoms with Crippen LogP contribution in [0.3, 0.4) is 0 Å². The number of carbonyl (C=O) groups excluding carboxylic acids is 2.